The molecule has 0 heterocycles. The highest BCUT2D eigenvalue weighted by Gasteiger charge is 2.18. The van der Waals surface area contributed by atoms with E-state index in [1.807, 2.05) is 6.08 Å². The van der Waals surface area contributed by atoms with Crippen LogP contribution in [0.25, 0.3) is 0 Å². The largest absolute Gasteiger partial charge is 0.466 e. The maximum atomic E-state index is 12.6. The highest BCUT2D eigenvalue weighted by atomic mass is 16.5. The number of unbranched alkanes of at least 4 members (excludes halogenated alkanes) is 62. The van der Waals surface area contributed by atoms with Crippen molar-refractivity contribution in [1.29, 1.82) is 0 Å². The number of aliphatic hydroxyl groups excluding tert-OH is 2. The molecular weight excluding hydrogens is 1050 g/mol. The van der Waals surface area contributed by atoms with Crippen LogP contribution in [-0.2, 0) is 14.3 Å². The van der Waals surface area contributed by atoms with Crippen LogP contribution in [-0.4, -0.2) is 47.4 Å². The van der Waals surface area contributed by atoms with E-state index in [1.165, 1.54) is 379 Å². The zero-order valence-corrected chi connectivity index (χ0v) is 58.6. The van der Waals surface area contributed by atoms with Gasteiger partial charge in [0.25, 0.3) is 0 Å². The summed E-state index contributed by atoms with van der Waals surface area (Å²) in [4.78, 5) is 24.7. The van der Waals surface area contributed by atoms with Crippen LogP contribution in [0.15, 0.2) is 24.3 Å². The van der Waals surface area contributed by atoms with Gasteiger partial charge in [0.15, 0.2) is 0 Å². The fourth-order valence-corrected chi connectivity index (χ4v) is 12.7. The van der Waals surface area contributed by atoms with E-state index in [-0.39, 0.29) is 18.5 Å². The molecule has 0 spiro atoms. The van der Waals surface area contributed by atoms with Gasteiger partial charge in [-0.25, -0.2) is 0 Å². The molecule has 0 fully saturated rings. The first-order chi connectivity index (χ1) is 42.5. The van der Waals surface area contributed by atoms with Gasteiger partial charge in [-0.3, -0.25) is 9.59 Å². The van der Waals surface area contributed by atoms with E-state index in [0.29, 0.717) is 19.4 Å². The average molecular weight is 1210 g/mol. The summed E-state index contributed by atoms with van der Waals surface area (Å²) < 4.78 is 5.51. The maximum absolute atomic E-state index is 12.6. The second-order valence-electron chi connectivity index (χ2n) is 27.4. The SMILES string of the molecule is CCCCCCCC/C=C\CCCCCCCCCC(=O)OCCCCCCCCCCCCCCCCCCCCCCCCCCCCCC(=O)NC(CO)C(O)/C=C/CCCCCCCCCCCCCCCCCCCCCCCCC. The van der Waals surface area contributed by atoms with Crippen molar-refractivity contribution in [1.82, 2.24) is 5.32 Å². The van der Waals surface area contributed by atoms with E-state index in [2.05, 4.69) is 31.3 Å². The summed E-state index contributed by atoms with van der Waals surface area (Å²) in [5.41, 5.74) is 0. The molecule has 2 atom stereocenters. The van der Waals surface area contributed by atoms with E-state index in [9.17, 15) is 19.8 Å². The number of ether oxygens (including phenoxy) is 1. The predicted molar refractivity (Wildman–Crippen MR) is 380 cm³/mol. The zero-order chi connectivity index (χ0) is 62.0. The van der Waals surface area contributed by atoms with Crippen LogP contribution in [0.3, 0.4) is 0 Å². The second kappa shape index (κ2) is 75.8. The van der Waals surface area contributed by atoms with Crippen molar-refractivity contribution < 1.29 is 24.5 Å². The molecular formula is C80H155NO5. The fourth-order valence-electron chi connectivity index (χ4n) is 12.7. The molecule has 0 aliphatic carbocycles. The third-order valence-electron chi connectivity index (χ3n) is 18.7. The van der Waals surface area contributed by atoms with Crippen LogP contribution >= 0.6 is 0 Å². The standard InChI is InChI=1S/C80H155NO5/c1-3-5-7-9-11-13-15-17-19-21-22-23-24-28-31-34-37-41-44-48-52-56-60-64-68-72-78(83)77(76-82)81-79(84)73-69-65-61-57-53-49-45-42-38-35-32-29-26-25-27-30-33-36-39-43-47-51-55-59-63-67-71-75-86-80(85)74-70-66-62-58-54-50-46-40-20-18-16-14-12-10-8-6-4-2/h18,20,68,72,77-78,82-83H,3-17,19,21-67,69-71,73-76H2,1-2H3,(H,81,84)/b20-18-,72-68+. The molecule has 0 saturated carbocycles. The van der Waals surface area contributed by atoms with Gasteiger partial charge in [-0.2, -0.15) is 0 Å². The normalized spacial score (nSPS) is 12.6. The lowest BCUT2D eigenvalue weighted by Gasteiger charge is -2.20. The summed E-state index contributed by atoms with van der Waals surface area (Å²) in [5, 5.41) is 23.3. The molecule has 6 heteroatoms. The topological polar surface area (TPSA) is 95.9 Å². The first-order valence-electron chi connectivity index (χ1n) is 39.6. The van der Waals surface area contributed by atoms with Crippen LogP contribution in [0.2, 0.25) is 0 Å². The number of hydrogen-bond acceptors (Lipinski definition) is 5. The van der Waals surface area contributed by atoms with E-state index < -0.39 is 12.1 Å². The summed E-state index contributed by atoms with van der Waals surface area (Å²) in [7, 11) is 0. The van der Waals surface area contributed by atoms with Crippen molar-refractivity contribution in [3.63, 3.8) is 0 Å². The molecule has 0 saturated heterocycles. The van der Waals surface area contributed by atoms with Crippen molar-refractivity contribution in [3.8, 4) is 0 Å². The van der Waals surface area contributed by atoms with Crippen molar-refractivity contribution in [2.24, 2.45) is 0 Å². The number of amides is 1. The predicted octanol–water partition coefficient (Wildman–Crippen LogP) is 26.0. The number of carbonyl (C=O) groups is 2. The Morgan fingerprint density at radius 3 is 0.826 bits per heavy atom. The van der Waals surface area contributed by atoms with Gasteiger partial charge in [0, 0.05) is 12.8 Å². The van der Waals surface area contributed by atoms with Gasteiger partial charge in [0.1, 0.15) is 0 Å². The number of hydrogen-bond donors (Lipinski definition) is 3. The van der Waals surface area contributed by atoms with E-state index in [1.54, 1.807) is 6.08 Å². The number of allylic oxidation sites excluding steroid dienone is 3. The monoisotopic (exact) mass is 1210 g/mol. The first kappa shape index (κ1) is 84.3. The van der Waals surface area contributed by atoms with Crippen LogP contribution < -0.4 is 5.32 Å². The van der Waals surface area contributed by atoms with E-state index in [4.69, 9.17) is 4.74 Å². The molecule has 86 heavy (non-hydrogen) atoms. The van der Waals surface area contributed by atoms with Gasteiger partial charge in [0.2, 0.25) is 5.91 Å². The number of aliphatic hydroxyl groups is 2. The molecule has 0 aromatic carbocycles. The molecule has 1 amide bonds. The van der Waals surface area contributed by atoms with Crippen LogP contribution in [0.5, 0.6) is 0 Å². The molecule has 3 N–H and O–H groups in total. The minimum Gasteiger partial charge on any atom is -0.466 e. The number of carbonyl (C=O) groups excluding carboxylic acids is 2. The molecule has 2 unspecified atom stereocenters. The third kappa shape index (κ3) is 71.4. The summed E-state index contributed by atoms with van der Waals surface area (Å²) in [6.45, 7) is 4.95. The Morgan fingerprint density at radius 1 is 0.314 bits per heavy atom. The lowest BCUT2D eigenvalue weighted by atomic mass is 10.0. The van der Waals surface area contributed by atoms with Gasteiger partial charge < -0.3 is 20.3 Å². The van der Waals surface area contributed by atoms with Gasteiger partial charge in [-0.05, 0) is 57.8 Å². The number of rotatable bonds is 75. The van der Waals surface area contributed by atoms with Crippen molar-refractivity contribution in [2.75, 3.05) is 13.2 Å². The summed E-state index contributed by atoms with van der Waals surface area (Å²) in [5.74, 6) is -0.0443. The van der Waals surface area contributed by atoms with Crippen LogP contribution in [0.4, 0.5) is 0 Å². The Bertz CT molecular complexity index is 1350. The minimum absolute atomic E-state index is 0.0155. The van der Waals surface area contributed by atoms with Crippen LogP contribution in [0.1, 0.15) is 450 Å². The Kier molecular flexibility index (Phi) is 74.3. The molecule has 0 aliphatic heterocycles. The quantitative estimate of drug-likeness (QED) is 0.0320. The Balaban J connectivity index is 3.37. The van der Waals surface area contributed by atoms with Gasteiger partial charge in [0.05, 0.1) is 25.4 Å². The summed E-state index contributed by atoms with van der Waals surface area (Å²) in [6, 6.07) is -0.627. The zero-order valence-electron chi connectivity index (χ0n) is 58.6. The minimum atomic E-state index is -0.844. The number of nitrogens with one attached hydrogen (secondary N) is 1. The first-order valence-corrected chi connectivity index (χ1v) is 39.6. The second-order valence-corrected chi connectivity index (χ2v) is 27.4. The van der Waals surface area contributed by atoms with Gasteiger partial charge in [-0.15, -0.1) is 0 Å². The molecule has 0 aromatic heterocycles. The molecule has 510 valence electrons. The Hall–Kier alpha value is -1.66. The maximum Gasteiger partial charge on any atom is 0.305 e. The van der Waals surface area contributed by atoms with Gasteiger partial charge >= 0.3 is 5.97 Å². The molecule has 0 radical (unpaired) electrons. The van der Waals surface area contributed by atoms with E-state index >= 15 is 0 Å². The summed E-state index contributed by atoms with van der Waals surface area (Å²) in [6.07, 6.45) is 97.2. The van der Waals surface area contributed by atoms with Crippen molar-refractivity contribution >= 4 is 11.9 Å². The highest BCUT2D eigenvalue weighted by molar-refractivity contribution is 5.76. The van der Waals surface area contributed by atoms with Crippen molar-refractivity contribution in [3.05, 3.63) is 24.3 Å². The van der Waals surface area contributed by atoms with Gasteiger partial charge in [-0.1, -0.05) is 404 Å². The summed E-state index contributed by atoms with van der Waals surface area (Å²) >= 11 is 0. The molecule has 0 aliphatic rings. The third-order valence-corrected chi connectivity index (χ3v) is 18.7. The highest BCUT2D eigenvalue weighted by Crippen LogP contribution is 2.20. The van der Waals surface area contributed by atoms with Crippen LogP contribution in [0, 0.1) is 0 Å². The Morgan fingerprint density at radius 2 is 0.547 bits per heavy atom. The molecule has 0 aromatic rings. The molecule has 0 rings (SSSR count). The molecule has 0 bridgehead atoms. The lowest BCUT2D eigenvalue weighted by molar-refractivity contribution is -0.143. The molecule has 6 nitrogen and oxygen atoms in total. The number of esters is 1. The fraction of sp³-hybridized carbons (Fsp3) is 0.925. The average Bonchev–Trinajstić information content (AvgIpc) is 3.54. The van der Waals surface area contributed by atoms with E-state index in [0.717, 1.165) is 44.9 Å². The smallest absolute Gasteiger partial charge is 0.305 e. The lowest BCUT2D eigenvalue weighted by Crippen LogP contribution is -2.45. The Labute approximate surface area is 539 Å². The van der Waals surface area contributed by atoms with Crippen molar-refractivity contribution in [2.45, 2.75) is 463 Å².